The van der Waals surface area contributed by atoms with Crippen molar-refractivity contribution in [3.63, 3.8) is 0 Å². The topological polar surface area (TPSA) is 23.5 Å². The number of benzene rings is 2. The fourth-order valence-electron chi connectivity index (χ4n) is 2.26. The van der Waals surface area contributed by atoms with Crippen LogP contribution in [-0.2, 0) is 13.1 Å². The monoisotopic (exact) mass is 279 g/mol. The molecule has 0 radical (unpaired) electrons. The first-order valence-electron chi connectivity index (χ1n) is 7.10. The van der Waals surface area contributed by atoms with Crippen molar-refractivity contribution in [1.82, 2.24) is 4.90 Å². The highest BCUT2D eigenvalue weighted by molar-refractivity contribution is 5.37. The fourth-order valence-corrected chi connectivity index (χ4v) is 2.26. The molecule has 0 saturated heterocycles. The van der Waals surface area contributed by atoms with E-state index in [0.29, 0.717) is 0 Å². The van der Waals surface area contributed by atoms with Crippen LogP contribution in [0.1, 0.15) is 22.3 Å². The highest BCUT2D eigenvalue weighted by atomic mass is 16.2. The average Bonchev–Trinajstić information content (AvgIpc) is 2.48. The van der Waals surface area contributed by atoms with Gasteiger partial charge in [-0.15, -0.1) is 0 Å². The zero-order chi connectivity index (χ0) is 15.1. The Labute approximate surface area is 127 Å². The van der Waals surface area contributed by atoms with E-state index >= 15 is 0 Å². The van der Waals surface area contributed by atoms with Crippen LogP contribution in [0.4, 0.5) is 0 Å². The largest absolute Gasteiger partial charge is 0.384 e. The van der Waals surface area contributed by atoms with E-state index in [-0.39, 0.29) is 6.61 Å². The Morgan fingerprint density at radius 3 is 2.43 bits per heavy atom. The molecule has 0 aliphatic carbocycles. The molecule has 108 valence electrons. The second kappa shape index (κ2) is 7.64. The van der Waals surface area contributed by atoms with Crippen molar-refractivity contribution >= 4 is 0 Å². The summed E-state index contributed by atoms with van der Waals surface area (Å²) in [7, 11) is 2.12. The highest BCUT2D eigenvalue weighted by Gasteiger charge is 2.02. The smallest absolute Gasteiger partial charge is 0.104 e. The minimum Gasteiger partial charge on any atom is -0.384 e. The molecule has 0 spiro atoms. The predicted molar refractivity (Wildman–Crippen MR) is 86.8 cm³/mol. The van der Waals surface area contributed by atoms with Crippen molar-refractivity contribution in [3.05, 3.63) is 70.8 Å². The molecule has 0 heterocycles. The third-order valence-corrected chi connectivity index (χ3v) is 3.26. The lowest BCUT2D eigenvalue weighted by Crippen LogP contribution is -2.17. The molecule has 0 bridgehead atoms. The van der Waals surface area contributed by atoms with Gasteiger partial charge in [0, 0.05) is 18.7 Å². The number of aryl methyl sites for hydroxylation is 1. The molecule has 0 aromatic heterocycles. The standard InChI is InChI=1S/C19H21NO/c1-16-8-10-18(11-9-16)14-20(2)15-19-6-3-5-17(13-19)7-4-12-21/h3,5-6,8-11,13,21H,12,14-15H2,1-2H3. The van der Waals surface area contributed by atoms with Crippen molar-refractivity contribution in [2.45, 2.75) is 20.0 Å². The van der Waals surface area contributed by atoms with Crippen LogP contribution < -0.4 is 0 Å². The van der Waals surface area contributed by atoms with Crippen LogP contribution in [-0.4, -0.2) is 23.7 Å². The van der Waals surface area contributed by atoms with E-state index in [2.05, 4.69) is 67.1 Å². The molecular formula is C19H21NO. The van der Waals surface area contributed by atoms with Gasteiger partial charge in [-0.25, -0.2) is 0 Å². The Bertz CT molecular complexity index is 635. The second-order valence-corrected chi connectivity index (χ2v) is 5.32. The van der Waals surface area contributed by atoms with E-state index in [4.69, 9.17) is 5.11 Å². The van der Waals surface area contributed by atoms with Gasteiger partial charge in [0.05, 0.1) is 0 Å². The van der Waals surface area contributed by atoms with Crippen molar-refractivity contribution in [2.24, 2.45) is 0 Å². The summed E-state index contributed by atoms with van der Waals surface area (Å²) in [5.41, 5.74) is 4.79. The van der Waals surface area contributed by atoms with Gasteiger partial charge in [0.1, 0.15) is 6.61 Å². The van der Waals surface area contributed by atoms with Gasteiger partial charge in [-0.1, -0.05) is 53.8 Å². The summed E-state index contributed by atoms with van der Waals surface area (Å²) >= 11 is 0. The Morgan fingerprint density at radius 2 is 1.71 bits per heavy atom. The Morgan fingerprint density at radius 1 is 1.00 bits per heavy atom. The molecule has 0 aliphatic heterocycles. The first kappa shape index (κ1) is 15.3. The Kier molecular flexibility index (Phi) is 5.57. The summed E-state index contributed by atoms with van der Waals surface area (Å²) in [5.74, 6) is 5.63. The van der Waals surface area contributed by atoms with Gasteiger partial charge >= 0.3 is 0 Å². The van der Waals surface area contributed by atoms with Gasteiger partial charge in [0.2, 0.25) is 0 Å². The maximum Gasteiger partial charge on any atom is 0.104 e. The summed E-state index contributed by atoms with van der Waals surface area (Å²) < 4.78 is 0. The molecule has 2 nitrogen and oxygen atoms in total. The van der Waals surface area contributed by atoms with E-state index in [1.165, 1.54) is 16.7 Å². The van der Waals surface area contributed by atoms with Gasteiger partial charge < -0.3 is 5.11 Å². The molecule has 0 amide bonds. The minimum atomic E-state index is -0.0996. The molecule has 21 heavy (non-hydrogen) atoms. The van der Waals surface area contributed by atoms with Gasteiger partial charge in [-0.3, -0.25) is 4.90 Å². The van der Waals surface area contributed by atoms with Crippen molar-refractivity contribution in [3.8, 4) is 11.8 Å². The second-order valence-electron chi connectivity index (χ2n) is 5.32. The van der Waals surface area contributed by atoms with E-state index in [9.17, 15) is 0 Å². The molecule has 0 aliphatic rings. The molecule has 0 fully saturated rings. The van der Waals surface area contributed by atoms with Crippen molar-refractivity contribution < 1.29 is 5.11 Å². The zero-order valence-electron chi connectivity index (χ0n) is 12.6. The molecule has 2 aromatic rings. The van der Waals surface area contributed by atoms with Crippen LogP contribution in [0.2, 0.25) is 0 Å². The fraction of sp³-hybridized carbons (Fsp3) is 0.263. The lowest BCUT2D eigenvalue weighted by atomic mass is 10.1. The minimum absolute atomic E-state index is 0.0996. The maximum atomic E-state index is 8.74. The van der Waals surface area contributed by atoms with Crippen molar-refractivity contribution in [2.75, 3.05) is 13.7 Å². The van der Waals surface area contributed by atoms with Gasteiger partial charge in [0.15, 0.2) is 0 Å². The summed E-state index contributed by atoms with van der Waals surface area (Å²) in [6.45, 7) is 3.80. The molecule has 2 aromatic carbocycles. The molecule has 0 unspecified atom stereocenters. The van der Waals surface area contributed by atoms with E-state index < -0.39 is 0 Å². The molecule has 0 atom stereocenters. The van der Waals surface area contributed by atoms with Crippen LogP contribution in [0.25, 0.3) is 0 Å². The third-order valence-electron chi connectivity index (χ3n) is 3.26. The van der Waals surface area contributed by atoms with Gasteiger partial charge in [-0.2, -0.15) is 0 Å². The molecule has 1 N–H and O–H groups in total. The zero-order valence-corrected chi connectivity index (χ0v) is 12.6. The number of hydrogen-bond acceptors (Lipinski definition) is 2. The number of rotatable bonds is 4. The quantitative estimate of drug-likeness (QED) is 0.870. The SMILES string of the molecule is Cc1ccc(CN(C)Cc2cccc(C#CCO)c2)cc1. The number of aliphatic hydroxyl groups is 1. The van der Waals surface area contributed by atoms with Gasteiger partial charge in [0.25, 0.3) is 0 Å². The molecular weight excluding hydrogens is 258 g/mol. The first-order chi connectivity index (χ1) is 10.2. The lowest BCUT2D eigenvalue weighted by Gasteiger charge is -2.17. The van der Waals surface area contributed by atoms with E-state index in [1.54, 1.807) is 0 Å². The predicted octanol–water partition coefficient (Wildman–Crippen LogP) is 2.97. The van der Waals surface area contributed by atoms with Crippen LogP contribution >= 0.6 is 0 Å². The van der Waals surface area contributed by atoms with Crippen LogP contribution in [0.5, 0.6) is 0 Å². The summed E-state index contributed by atoms with van der Waals surface area (Å²) in [4.78, 5) is 2.28. The number of hydrogen-bond donors (Lipinski definition) is 1. The first-order valence-corrected chi connectivity index (χ1v) is 7.10. The summed E-state index contributed by atoms with van der Waals surface area (Å²) in [6.07, 6.45) is 0. The number of aliphatic hydroxyl groups excluding tert-OH is 1. The third kappa shape index (κ3) is 5.07. The Balaban J connectivity index is 1.99. The average molecular weight is 279 g/mol. The Hall–Kier alpha value is -2.08. The molecule has 2 rings (SSSR count). The van der Waals surface area contributed by atoms with Crippen LogP contribution in [0, 0.1) is 18.8 Å². The summed E-state index contributed by atoms with van der Waals surface area (Å²) in [5, 5.41) is 8.74. The van der Waals surface area contributed by atoms with Crippen LogP contribution in [0.15, 0.2) is 48.5 Å². The van der Waals surface area contributed by atoms with Crippen LogP contribution in [0.3, 0.4) is 0 Å². The van der Waals surface area contributed by atoms with E-state index in [1.807, 2.05) is 12.1 Å². The van der Waals surface area contributed by atoms with E-state index in [0.717, 1.165) is 18.7 Å². The maximum absolute atomic E-state index is 8.74. The lowest BCUT2D eigenvalue weighted by molar-refractivity contribution is 0.319. The number of nitrogens with zero attached hydrogens (tertiary/aromatic N) is 1. The molecule has 0 saturated carbocycles. The van der Waals surface area contributed by atoms with Gasteiger partial charge in [-0.05, 0) is 37.2 Å². The van der Waals surface area contributed by atoms with Crippen molar-refractivity contribution in [1.29, 1.82) is 0 Å². The normalized spacial score (nSPS) is 10.3. The highest BCUT2D eigenvalue weighted by Crippen LogP contribution is 2.10. The summed E-state index contributed by atoms with van der Waals surface area (Å²) in [6, 6.07) is 16.8. The molecule has 2 heteroatoms.